The van der Waals surface area contributed by atoms with Crippen LogP contribution in [0.5, 0.6) is 0 Å². The molecule has 0 saturated carbocycles. The van der Waals surface area contributed by atoms with E-state index in [1.807, 2.05) is 0 Å². The average Bonchev–Trinajstić information content (AvgIpc) is 3.18. The van der Waals surface area contributed by atoms with Crippen molar-refractivity contribution in [3.8, 4) is 11.1 Å². The number of piperidine rings is 1. The van der Waals surface area contributed by atoms with Gasteiger partial charge < -0.3 is 5.32 Å². The summed E-state index contributed by atoms with van der Waals surface area (Å²) in [5, 5.41) is 7.24. The molecule has 1 amide bonds. The number of halogens is 1. The molecule has 2 bridgehead atoms. The Hall–Kier alpha value is -2.26. The molecular weight excluding hydrogens is 383 g/mol. The van der Waals surface area contributed by atoms with Gasteiger partial charge in [-0.05, 0) is 43.4 Å². The molecule has 2 aliphatic rings. The van der Waals surface area contributed by atoms with Crippen LogP contribution in [0.1, 0.15) is 25.7 Å². The number of nitrogens with one attached hydrogen (secondary N) is 1. The van der Waals surface area contributed by atoms with Gasteiger partial charge in [0.25, 0.3) is 0 Å². The minimum absolute atomic E-state index is 0.0184. The lowest BCUT2D eigenvalue weighted by Gasteiger charge is -2.37. The van der Waals surface area contributed by atoms with Crippen LogP contribution in [0.25, 0.3) is 11.1 Å². The molecule has 4 rings (SSSR count). The number of fused-ring (bicyclic) bond motifs is 2. The zero-order chi connectivity index (χ0) is 19.9. The van der Waals surface area contributed by atoms with Gasteiger partial charge in [-0.3, -0.25) is 9.48 Å². The highest BCUT2D eigenvalue weighted by molar-refractivity contribution is 7.88. The summed E-state index contributed by atoms with van der Waals surface area (Å²) in [6, 6.07) is 6.05. The third kappa shape index (κ3) is 3.95. The third-order valence-corrected chi connectivity index (χ3v) is 6.89. The molecule has 2 unspecified atom stereocenters. The number of carbonyl (C=O) groups excluding carboxylic acids is 1. The fourth-order valence-electron chi connectivity index (χ4n) is 4.46. The van der Waals surface area contributed by atoms with Crippen LogP contribution in [0.2, 0.25) is 0 Å². The van der Waals surface area contributed by atoms with Crippen molar-refractivity contribution >= 4 is 15.9 Å². The van der Waals surface area contributed by atoms with Gasteiger partial charge in [-0.25, -0.2) is 12.8 Å². The average molecular weight is 406 g/mol. The second-order valence-electron chi connectivity index (χ2n) is 7.65. The lowest BCUT2D eigenvalue weighted by atomic mass is 10.00. The molecule has 2 atom stereocenters. The molecule has 0 spiro atoms. The Labute approximate surface area is 163 Å². The first kappa shape index (κ1) is 19.1. The van der Waals surface area contributed by atoms with E-state index >= 15 is 0 Å². The molecular formula is C19H23FN4O3S. The van der Waals surface area contributed by atoms with E-state index in [4.69, 9.17) is 0 Å². The number of benzene rings is 1. The predicted octanol–water partition coefficient (Wildman–Crippen LogP) is 1.76. The number of sulfonamides is 1. The molecule has 2 saturated heterocycles. The first-order chi connectivity index (χ1) is 13.3. The molecule has 7 nitrogen and oxygen atoms in total. The van der Waals surface area contributed by atoms with Gasteiger partial charge in [0.1, 0.15) is 12.4 Å². The standard InChI is InChI=1S/C19H23FN4O3S/c1-28(26,27)24-17-6-7-18(24)9-16(8-17)22-19(25)12-23-11-14(10-21-23)13-2-4-15(20)5-3-13/h2-5,10-11,16-18H,6-9,12H2,1H3,(H,22,25). The lowest BCUT2D eigenvalue weighted by molar-refractivity contribution is -0.122. The molecule has 3 heterocycles. The molecule has 1 N–H and O–H groups in total. The van der Waals surface area contributed by atoms with E-state index in [-0.39, 0.29) is 36.4 Å². The van der Waals surface area contributed by atoms with Crippen LogP contribution in [0.4, 0.5) is 4.39 Å². The lowest BCUT2D eigenvalue weighted by Crippen LogP contribution is -2.52. The van der Waals surface area contributed by atoms with E-state index in [1.54, 1.807) is 33.5 Å². The summed E-state index contributed by atoms with van der Waals surface area (Å²) in [4.78, 5) is 12.4. The molecule has 9 heteroatoms. The number of amides is 1. The zero-order valence-corrected chi connectivity index (χ0v) is 16.4. The minimum Gasteiger partial charge on any atom is -0.352 e. The molecule has 0 radical (unpaired) electrons. The number of carbonyl (C=O) groups is 1. The van der Waals surface area contributed by atoms with Crippen LogP contribution in [0, 0.1) is 5.82 Å². The molecule has 150 valence electrons. The summed E-state index contributed by atoms with van der Waals surface area (Å²) >= 11 is 0. The monoisotopic (exact) mass is 406 g/mol. The summed E-state index contributed by atoms with van der Waals surface area (Å²) in [5.41, 5.74) is 1.64. The summed E-state index contributed by atoms with van der Waals surface area (Å²) < 4.78 is 40.1. The van der Waals surface area contributed by atoms with Crippen LogP contribution >= 0.6 is 0 Å². The maximum atomic E-state index is 13.0. The number of hydrogen-bond acceptors (Lipinski definition) is 4. The second kappa shape index (κ2) is 7.29. The zero-order valence-electron chi connectivity index (χ0n) is 15.6. The largest absolute Gasteiger partial charge is 0.352 e. The molecule has 2 aliphatic heterocycles. The van der Waals surface area contributed by atoms with Crippen molar-refractivity contribution in [1.29, 1.82) is 0 Å². The Morgan fingerprint density at radius 1 is 1.18 bits per heavy atom. The molecule has 2 aromatic rings. The Bertz CT molecular complexity index is 959. The third-order valence-electron chi connectivity index (χ3n) is 5.53. The topological polar surface area (TPSA) is 84.3 Å². The van der Waals surface area contributed by atoms with Crippen molar-refractivity contribution in [2.75, 3.05) is 6.26 Å². The van der Waals surface area contributed by atoms with Crippen LogP contribution in [-0.4, -0.2) is 52.8 Å². The van der Waals surface area contributed by atoms with Gasteiger partial charge in [0, 0.05) is 29.9 Å². The van der Waals surface area contributed by atoms with Gasteiger partial charge >= 0.3 is 0 Å². The number of hydrogen-bond donors (Lipinski definition) is 1. The van der Waals surface area contributed by atoms with Crippen molar-refractivity contribution in [2.24, 2.45) is 0 Å². The van der Waals surface area contributed by atoms with E-state index in [0.717, 1.165) is 24.0 Å². The van der Waals surface area contributed by atoms with Crippen molar-refractivity contribution < 1.29 is 17.6 Å². The van der Waals surface area contributed by atoms with E-state index in [1.165, 1.54) is 18.4 Å². The minimum atomic E-state index is -3.21. The van der Waals surface area contributed by atoms with Crippen LogP contribution in [0.3, 0.4) is 0 Å². The molecule has 28 heavy (non-hydrogen) atoms. The van der Waals surface area contributed by atoms with Gasteiger partial charge in [0.15, 0.2) is 0 Å². The molecule has 1 aromatic heterocycles. The van der Waals surface area contributed by atoms with Gasteiger partial charge in [0.2, 0.25) is 15.9 Å². The SMILES string of the molecule is CS(=O)(=O)N1C2CCC1CC(NC(=O)Cn1cc(-c3ccc(F)cc3)cn1)C2. The number of nitrogens with zero attached hydrogens (tertiary/aromatic N) is 3. The summed E-state index contributed by atoms with van der Waals surface area (Å²) in [7, 11) is -3.21. The normalized spacial score (nSPS) is 25.0. The summed E-state index contributed by atoms with van der Waals surface area (Å²) in [6.07, 6.45) is 7.65. The van der Waals surface area contributed by atoms with Gasteiger partial charge in [-0.1, -0.05) is 12.1 Å². The van der Waals surface area contributed by atoms with Crippen LogP contribution < -0.4 is 5.32 Å². The fourth-order valence-corrected chi connectivity index (χ4v) is 5.92. The first-order valence-electron chi connectivity index (χ1n) is 9.36. The van der Waals surface area contributed by atoms with Gasteiger partial charge in [0.05, 0.1) is 12.5 Å². The first-order valence-corrected chi connectivity index (χ1v) is 11.2. The van der Waals surface area contributed by atoms with E-state index in [9.17, 15) is 17.6 Å². The van der Waals surface area contributed by atoms with Crippen LogP contribution in [-0.2, 0) is 21.4 Å². The predicted molar refractivity (Wildman–Crippen MR) is 102 cm³/mol. The molecule has 1 aromatic carbocycles. The van der Waals surface area contributed by atoms with Crippen molar-refractivity contribution in [2.45, 2.75) is 50.4 Å². The van der Waals surface area contributed by atoms with E-state index in [2.05, 4.69) is 10.4 Å². The molecule has 0 aliphatic carbocycles. The fraction of sp³-hybridized carbons (Fsp3) is 0.474. The maximum absolute atomic E-state index is 13.0. The van der Waals surface area contributed by atoms with Crippen LogP contribution in [0.15, 0.2) is 36.7 Å². The molecule has 2 fully saturated rings. The Morgan fingerprint density at radius 2 is 1.82 bits per heavy atom. The summed E-state index contributed by atoms with van der Waals surface area (Å²) in [6.45, 7) is 0.0861. The highest BCUT2D eigenvalue weighted by Gasteiger charge is 2.45. The Kier molecular flexibility index (Phi) is 4.96. The van der Waals surface area contributed by atoms with E-state index < -0.39 is 10.0 Å². The quantitative estimate of drug-likeness (QED) is 0.820. The van der Waals surface area contributed by atoms with E-state index in [0.29, 0.717) is 12.8 Å². The Morgan fingerprint density at radius 3 is 2.43 bits per heavy atom. The highest BCUT2D eigenvalue weighted by Crippen LogP contribution is 2.37. The second-order valence-corrected chi connectivity index (χ2v) is 9.53. The number of aromatic nitrogens is 2. The Balaban J connectivity index is 1.35. The van der Waals surface area contributed by atoms with Crippen molar-refractivity contribution in [1.82, 2.24) is 19.4 Å². The highest BCUT2D eigenvalue weighted by atomic mass is 32.2. The van der Waals surface area contributed by atoms with Gasteiger partial charge in [-0.2, -0.15) is 9.40 Å². The van der Waals surface area contributed by atoms with Crippen molar-refractivity contribution in [3.63, 3.8) is 0 Å². The maximum Gasteiger partial charge on any atom is 0.241 e. The smallest absolute Gasteiger partial charge is 0.241 e. The van der Waals surface area contributed by atoms with Gasteiger partial charge in [-0.15, -0.1) is 0 Å². The number of rotatable bonds is 5. The summed E-state index contributed by atoms with van der Waals surface area (Å²) in [5.74, 6) is -0.447. The van der Waals surface area contributed by atoms with Crippen molar-refractivity contribution in [3.05, 3.63) is 42.5 Å².